The van der Waals surface area contributed by atoms with Crippen LogP contribution in [0.4, 0.5) is 0 Å². The maximum atomic E-state index is 5.74. The Morgan fingerprint density at radius 2 is 1.94 bits per heavy atom. The van der Waals surface area contributed by atoms with Crippen molar-refractivity contribution in [1.82, 2.24) is 4.98 Å². The zero-order chi connectivity index (χ0) is 12.5. The first-order chi connectivity index (χ1) is 8.03. The van der Waals surface area contributed by atoms with E-state index in [-0.39, 0.29) is 12.5 Å². The highest BCUT2D eigenvalue weighted by Crippen LogP contribution is 2.22. The molecule has 1 aromatic heterocycles. The largest absolute Gasteiger partial charge is 0.495 e. The summed E-state index contributed by atoms with van der Waals surface area (Å²) in [5, 5.41) is 0. The van der Waals surface area contributed by atoms with E-state index >= 15 is 0 Å². The number of rotatable bonds is 2. The number of hydrogen-bond donors (Lipinski definition) is 0. The fraction of sp³-hybridized carbons (Fsp3) is 0.583. The first-order valence-electron chi connectivity index (χ1n) is 5.75. The molecule has 0 radical (unpaired) electrons. The van der Waals surface area contributed by atoms with E-state index < -0.39 is 0 Å². The van der Waals surface area contributed by atoms with E-state index in [0.717, 1.165) is 16.8 Å². The molecule has 0 bridgehead atoms. The van der Waals surface area contributed by atoms with Crippen LogP contribution in [0, 0.1) is 12.3 Å². The number of pyridine rings is 1. The lowest BCUT2D eigenvalue weighted by Gasteiger charge is -2.33. The van der Waals surface area contributed by atoms with Gasteiger partial charge in [-0.25, -0.2) is 0 Å². The Morgan fingerprint density at radius 3 is 2.53 bits per heavy atom. The van der Waals surface area contributed by atoms with E-state index in [9.17, 15) is 0 Å². The number of methoxy groups -OCH3 is 1. The van der Waals surface area contributed by atoms with E-state index in [1.165, 1.54) is 0 Å². The molecule has 0 spiro atoms. The maximum Gasteiger partial charge on any atom is 0.495 e. The molecule has 0 atom stereocenters. The van der Waals surface area contributed by atoms with Gasteiger partial charge in [-0.1, -0.05) is 13.8 Å². The highest BCUT2D eigenvalue weighted by atomic mass is 16.6. The van der Waals surface area contributed by atoms with Crippen LogP contribution in [0.1, 0.15) is 19.4 Å². The van der Waals surface area contributed by atoms with Crippen LogP contribution in [-0.2, 0) is 9.31 Å². The molecule has 4 nitrogen and oxygen atoms in total. The molecule has 1 fully saturated rings. The third-order valence-electron chi connectivity index (χ3n) is 2.93. The van der Waals surface area contributed by atoms with E-state index in [1.807, 2.05) is 6.92 Å². The lowest BCUT2D eigenvalue weighted by molar-refractivity contribution is 0.0342. The number of ether oxygens (including phenoxy) is 1. The molecule has 1 saturated heterocycles. The van der Waals surface area contributed by atoms with Crippen molar-refractivity contribution in [2.24, 2.45) is 5.41 Å². The molecular weight excluding hydrogens is 217 g/mol. The molecule has 0 N–H and O–H groups in total. The third kappa shape index (κ3) is 2.61. The van der Waals surface area contributed by atoms with Gasteiger partial charge >= 0.3 is 7.12 Å². The van der Waals surface area contributed by atoms with Gasteiger partial charge in [-0.2, -0.15) is 0 Å². The monoisotopic (exact) mass is 235 g/mol. The summed E-state index contributed by atoms with van der Waals surface area (Å²) in [6.45, 7) is 7.62. The molecule has 2 heterocycles. The van der Waals surface area contributed by atoms with Crippen molar-refractivity contribution in [1.29, 1.82) is 0 Å². The Labute approximate surface area is 102 Å². The first kappa shape index (κ1) is 12.4. The van der Waals surface area contributed by atoms with Gasteiger partial charge in [0, 0.05) is 30.3 Å². The molecule has 0 unspecified atom stereocenters. The fourth-order valence-corrected chi connectivity index (χ4v) is 1.84. The fourth-order valence-electron chi connectivity index (χ4n) is 1.84. The third-order valence-corrected chi connectivity index (χ3v) is 2.93. The van der Waals surface area contributed by atoms with Crippen molar-refractivity contribution in [2.45, 2.75) is 20.8 Å². The molecule has 0 saturated carbocycles. The number of hydrogen-bond acceptors (Lipinski definition) is 4. The zero-order valence-corrected chi connectivity index (χ0v) is 10.8. The second-order valence-corrected chi connectivity index (χ2v) is 5.17. The van der Waals surface area contributed by atoms with Gasteiger partial charge in [0.1, 0.15) is 5.75 Å². The van der Waals surface area contributed by atoms with Crippen LogP contribution in [-0.4, -0.2) is 32.4 Å². The van der Waals surface area contributed by atoms with Crippen LogP contribution in [0.5, 0.6) is 5.75 Å². The second-order valence-electron chi connectivity index (χ2n) is 5.17. The number of nitrogens with zero attached hydrogens (tertiary/aromatic N) is 1. The van der Waals surface area contributed by atoms with E-state index in [2.05, 4.69) is 18.8 Å². The van der Waals surface area contributed by atoms with Gasteiger partial charge in [0.15, 0.2) is 0 Å². The van der Waals surface area contributed by atoms with Gasteiger partial charge in [-0.05, 0) is 12.5 Å². The summed E-state index contributed by atoms with van der Waals surface area (Å²) in [6, 6.07) is 0. The summed E-state index contributed by atoms with van der Waals surface area (Å²) in [7, 11) is 1.31. The van der Waals surface area contributed by atoms with Crippen LogP contribution < -0.4 is 10.2 Å². The summed E-state index contributed by atoms with van der Waals surface area (Å²) in [5.74, 6) is 0.763. The van der Waals surface area contributed by atoms with E-state index in [1.54, 1.807) is 19.5 Å². The van der Waals surface area contributed by atoms with Crippen molar-refractivity contribution >= 4 is 12.6 Å². The SMILES string of the molecule is COc1cncc(B2OCC(C)(C)CO2)c1C. The predicted octanol–water partition coefficient (Wildman–Crippen LogP) is 1.17. The Morgan fingerprint density at radius 1 is 1.29 bits per heavy atom. The Hall–Kier alpha value is -1.07. The Bertz CT molecular complexity index is 399. The van der Waals surface area contributed by atoms with E-state index in [4.69, 9.17) is 14.0 Å². The van der Waals surface area contributed by atoms with Gasteiger partial charge in [-0.15, -0.1) is 0 Å². The minimum absolute atomic E-state index is 0.0801. The highest BCUT2D eigenvalue weighted by molar-refractivity contribution is 6.62. The summed E-state index contributed by atoms with van der Waals surface area (Å²) >= 11 is 0. The van der Waals surface area contributed by atoms with Crippen molar-refractivity contribution in [3.05, 3.63) is 18.0 Å². The molecule has 0 aromatic carbocycles. The molecular formula is C12H18BNO3. The molecule has 2 rings (SSSR count). The topological polar surface area (TPSA) is 40.6 Å². The Balaban J connectivity index is 2.19. The summed E-state index contributed by atoms with van der Waals surface area (Å²) in [4.78, 5) is 4.14. The summed E-state index contributed by atoms with van der Waals surface area (Å²) in [5.41, 5.74) is 2.04. The zero-order valence-electron chi connectivity index (χ0n) is 10.8. The lowest BCUT2D eigenvalue weighted by atomic mass is 9.74. The molecule has 17 heavy (non-hydrogen) atoms. The molecule has 0 aliphatic carbocycles. The van der Waals surface area contributed by atoms with Crippen molar-refractivity contribution in [3.8, 4) is 5.75 Å². The minimum atomic E-state index is -0.328. The van der Waals surface area contributed by atoms with Crippen molar-refractivity contribution in [3.63, 3.8) is 0 Å². The average molecular weight is 235 g/mol. The van der Waals surface area contributed by atoms with Crippen molar-refractivity contribution in [2.75, 3.05) is 20.3 Å². The summed E-state index contributed by atoms with van der Waals surface area (Å²) < 4.78 is 16.7. The Kier molecular flexibility index (Phi) is 3.40. The van der Waals surface area contributed by atoms with Crippen LogP contribution in [0.15, 0.2) is 12.4 Å². The van der Waals surface area contributed by atoms with Crippen LogP contribution in [0.3, 0.4) is 0 Å². The van der Waals surface area contributed by atoms with Crippen LogP contribution >= 0.6 is 0 Å². The molecule has 1 aromatic rings. The quantitative estimate of drug-likeness (QED) is 0.721. The van der Waals surface area contributed by atoms with Gasteiger partial charge in [0.2, 0.25) is 0 Å². The standard InChI is InChI=1S/C12H18BNO3/c1-9-10(5-14-6-11(9)15-4)13-16-7-12(2,3)8-17-13/h5-6H,7-8H2,1-4H3. The minimum Gasteiger partial charge on any atom is -0.495 e. The van der Waals surface area contributed by atoms with Crippen LogP contribution in [0.2, 0.25) is 0 Å². The molecule has 1 aliphatic rings. The summed E-state index contributed by atoms with van der Waals surface area (Å²) in [6.07, 6.45) is 3.48. The normalized spacial score (nSPS) is 19.2. The smallest absolute Gasteiger partial charge is 0.495 e. The maximum absolute atomic E-state index is 5.74. The molecule has 5 heteroatoms. The predicted molar refractivity (Wildman–Crippen MR) is 66.6 cm³/mol. The van der Waals surface area contributed by atoms with Gasteiger partial charge < -0.3 is 14.0 Å². The molecule has 0 amide bonds. The average Bonchev–Trinajstić information content (AvgIpc) is 2.30. The first-order valence-corrected chi connectivity index (χ1v) is 5.75. The second kappa shape index (κ2) is 4.66. The van der Waals surface area contributed by atoms with E-state index in [0.29, 0.717) is 13.2 Å². The van der Waals surface area contributed by atoms with Crippen molar-refractivity contribution < 1.29 is 14.0 Å². The van der Waals surface area contributed by atoms with Gasteiger partial charge in [-0.3, -0.25) is 4.98 Å². The lowest BCUT2D eigenvalue weighted by Crippen LogP contribution is -2.48. The molecule has 1 aliphatic heterocycles. The van der Waals surface area contributed by atoms with Gasteiger partial charge in [0.25, 0.3) is 0 Å². The molecule has 92 valence electrons. The number of aromatic nitrogens is 1. The van der Waals surface area contributed by atoms with Crippen LogP contribution in [0.25, 0.3) is 0 Å². The highest BCUT2D eigenvalue weighted by Gasteiger charge is 2.34. The van der Waals surface area contributed by atoms with Gasteiger partial charge in [0.05, 0.1) is 13.3 Å².